The van der Waals surface area contributed by atoms with Gasteiger partial charge in [-0.25, -0.2) is 0 Å². The highest BCUT2D eigenvalue weighted by Crippen LogP contribution is 2.63. The van der Waals surface area contributed by atoms with Crippen molar-refractivity contribution in [3.8, 4) is 0 Å². The number of hydrogen-bond acceptors (Lipinski definition) is 3. The summed E-state index contributed by atoms with van der Waals surface area (Å²) in [6.07, 6.45) is 2.61. The van der Waals surface area contributed by atoms with E-state index in [1.54, 1.807) is 0 Å². The number of carbonyl (C=O) groups is 1. The Morgan fingerprint density at radius 3 is 2.52 bits per heavy atom. The molecule has 3 aliphatic rings. The van der Waals surface area contributed by atoms with Crippen molar-refractivity contribution in [1.82, 2.24) is 0 Å². The van der Waals surface area contributed by atoms with E-state index in [9.17, 15) is 9.90 Å². The Labute approximate surface area is 144 Å². The van der Waals surface area contributed by atoms with E-state index in [4.69, 9.17) is 4.74 Å². The molecule has 122 valence electrons. The second kappa shape index (κ2) is 4.70. The SMILES string of the molecule is CCc1ccc(Br)cc1C1=C(O)[C@H]2[C@@H](C1=O)C1(C)CCC2(C)O1. The third-order valence-electron chi connectivity index (χ3n) is 6.03. The number of hydrogen-bond donors (Lipinski definition) is 1. The average molecular weight is 377 g/mol. The first-order chi connectivity index (χ1) is 10.8. The van der Waals surface area contributed by atoms with E-state index in [0.29, 0.717) is 5.57 Å². The fourth-order valence-corrected chi connectivity index (χ4v) is 5.31. The molecule has 1 aromatic rings. The summed E-state index contributed by atoms with van der Waals surface area (Å²) < 4.78 is 7.12. The summed E-state index contributed by atoms with van der Waals surface area (Å²) in [4.78, 5) is 13.2. The lowest BCUT2D eigenvalue weighted by Gasteiger charge is -2.30. The van der Waals surface area contributed by atoms with E-state index in [1.807, 2.05) is 32.0 Å². The molecule has 0 spiro atoms. The van der Waals surface area contributed by atoms with Gasteiger partial charge >= 0.3 is 0 Å². The molecule has 2 unspecified atom stereocenters. The van der Waals surface area contributed by atoms with E-state index in [2.05, 4.69) is 22.9 Å². The highest BCUT2D eigenvalue weighted by molar-refractivity contribution is 9.10. The molecule has 2 fully saturated rings. The molecule has 2 bridgehead atoms. The summed E-state index contributed by atoms with van der Waals surface area (Å²) in [7, 11) is 0. The first-order valence-electron chi connectivity index (χ1n) is 8.27. The molecule has 0 saturated carbocycles. The van der Waals surface area contributed by atoms with Gasteiger partial charge in [0.25, 0.3) is 0 Å². The molecule has 4 heteroatoms. The molecule has 0 radical (unpaired) electrons. The Morgan fingerprint density at radius 1 is 1.26 bits per heavy atom. The van der Waals surface area contributed by atoms with Crippen LogP contribution in [0.1, 0.15) is 44.7 Å². The van der Waals surface area contributed by atoms with E-state index < -0.39 is 11.2 Å². The van der Waals surface area contributed by atoms with Crippen LogP contribution in [-0.4, -0.2) is 22.1 Å². The minimum Gasteiger partial charge on any atom is -0.511 e. The van der Waals surface area contributed by atoms with Crippen molar-refractivity contribution in [3.63, 3.8) is 0 Å². The smallest absolute Gasteiger partial charge is 0.173 e. The third-order valence-corrected chi connectivity index (χ3v) is 6.53. The van der Waals surface area contributed by atoms with Crippen molar-refractivity contribution >= 4 is 27.3 Å². The van der Waals surface area contributed by atoms with Crippen LogP contribution in [0.2, 0.25) is 0 Å². The van der Waals surface area contributed by atoms with Crippen LogP contribution >= 0.6 is 15.9 Å². The molecule has 1 aromatic carbocycles. The fourth-order valence-electron chi connectivity index (χ4n) is 4.95. The van der Waals surface area contributed by atoms with Gasteiger partial charge in [-0.05, 0) is 56.4 Å². The van der Waals surface area contributed by atoms with E-state index in [-0.39, 0.29) is 23.4 Å². The summed E-state index contributed by atoms with van der Waals surface area (Å²) in [5.74, 6) is -0.169. The third kappa shape index (κ3) is 1.88. The van der Waals surface area contributed by atoms with Crippen LogP contribution in [0, 0.1) is 11.8 Å². The second-order valence-corrected chi connectivity index (χ2v) is 8.38. The van der Waals surface area contributed by atoms with Crippen LogP contribution in [0.15, 0.2) is 28.4 Å². The highest BCUT2D eigenvalue weighted by Gasteiger charge is 2.69. The number of carbonyl (C=O) groups excluding carboxylic acids is 1. The number of aliphatic hydroxyl groups excluding tert-OH is 1. The summed E-state index contributed by atoms with van der Waals surface area (Å²) in [5.41, 5.74) is 1.61. The van der Waals surface area contributed by atoms with E-state index >= 15 is 0 Å². The van der Waals surface area contributed by atoms with Crippen molar-refractivity contribution in [1.29, 1.82) is 0 Å². The van der Waals surface area contributed by atoms with Crippen LogP contribution in [0.25, 0.3) is 5.57 Å². The van der Waals surface area contributed by atoms with Crippen molar-refractivity contribution in [2.24, 2.45) is 11.8 Å². The lowest BCUT2D eigenvalue weighted by Crippen LogP contribution is -2.39. The Kier molecular flexibility index (Phi) is 3.15. The molecule has 0 amide bonds. The predicted molar refractivity (Wildman–Crippen MR) is 92.2 cm³/mol. The lowest BCUT2D eigenvalue weighted by molar-refractivity contribution is -0.121. The first kappa shape index (κ1) is 15.4. The van der Waals surface area contributed by atoms with Crippen molar-refractivity contribution in [2.75, 3.05) is 0 Å². The van der Waals surface area contributed by atoms with E-state index in [0.717, 1.165) is 34.9 Å². The molecular formula is C19H21BrO3. The van der Waals surface area contributed by atoms with Gasteiger partial charge in [0.05, 0.1) is 28.6 Å². The monoisotopic (exact) mass is 376 g/mol. The number of aryl methyl sites for hydroxylation is 1. The normalized spacial score (nSPS) is 38.5. The maximum absolute atomic E-state index is 13.2. The molecular weight excluding hydrogens is 356 g/mol. The van der Waals surface area contributed by atoms with Crippen LogP contribution in [-0.2, 0) is 16.0 Å². The van der Waals surface area contributed by atoms with Gasteiger partial charge in [-0.15, -0.1) is 0 Å². The Hall–Kier alpha value is -1.13. The van der Waals surface area contributed by atoms with Gasteiger partial charge < -0.3 is 9.84 Å². The number of benzene rings is 1. The highest BCUT2D eigenvalue weighted by atomic mass is 79.9. The lowest BCUT2D eigenvalue weighted by atomic mass is 9.68. The topological polar surface area (TPSA) is 46.5 Å². The van der Waals surface area contributed by atoms with Gasteiger partial charge in [-0.3, -0.25) is 4.79 Å². The summed E-state index contributed by atoms with van der Waals surface area (Å²) in [6.45, 7) is 6.13. The van der Waals surface area contributed by atoms with Gasteiger partial charge in [0.15, 0.2) is 5.78 Å². The molecule has 2 aliphatic heterocycles. The van der Waals surface area contributed by atoms with Gasteiger partial charge in [-0.1, -0.05) is 28.9 Å². The molecule has 4 atom stereocenters. The standard InChI is InChI=1S/C19H21BrO3/c1-4-10-5-6-11(20)9-12(10)13-16(21)14-15(17(13)22)19(3)8-7-18(14,2)23-19/h5-6,9,14-15,21H,4,7-8H2,1-3H3/t14-,15+,18?,19?/m1/s1. The van der Waals surface area contributed by atoms with Gasteiger partial charge in [0.2, 0.25) is 0 Å². The molecule has 1 aliphatic carbocycles. The number of Topliss-reactive ketones (excluding diaryl/α,β-unsaturated/α-hetero) is 1. The number of aliphatic hydroxyl groups is 1. The van der Waals surface area contributed by atoms with Crippen LogP contribution in [0.5, 0.6) is 0 Å². The number of ketones is 1. The molecule has 4 rings (SSSR count). The first-order valence-corrected chi connectivity index (χ1v) is 9.06. The van der Waals surface area contributed by atoms with Crippen LogP contribution in [0.4, 0.5) is 0 Å². The van der Waals surface area contributed by atoms with Crippen molar-refractivity contribution in [2.45, 2.75) is 51.2 Å². The summed E-state index contributed by atoms with van der Waals surface area (Å²) >= 11 is 3.49. The molecule has 2 saturated heterocycles. The molecule has 1 N–H and O–H groups in total. The van der Waals surface area contributed by atoms with E-state index in [1.165, 1.54) is 0 Å². The zero-order valence-corrected chi connectivity index (χ0v) is 15.2. The zero-order valence-electron chi connectivity index (χ0n) is 13.6. The average Bonchev–Trinajstić information content (AvgIpc) is 3.04. The van der Waals surface area contributed by atoms with Gasteiger partial charge in [0.1, 0.15) is 5.76 Å². The van der Waals surface area contributed by atoms with Crippen LogP contribution in [0.3, 0.4) is 0 Å². The number of allylic oxidation sites excluding steroid dienone is 1. The molecule has 3 nitrogen and oxygen atoms in total. The fraction of sp³-hybridized carbons (Fsp3) is 0.526. The molecule has 0 aromatic heterocycles. The maximum Gasteiger partial charge on any atom is 0.173 e. The Morgan fingerprint density at radius 2 is 1.91 bits per heavy atom. The molecule has 2 heterocycles. The zero-order chi connectivity index (χ0) is 16.6. The van der Waals surface area contributed by atoms with Crippen molar-refractivity contribution < 1.29 is 14.6 Å². The number of fused-ring (bicyclic) bond motifs is 5. The van der Waals surface area contributed by atoms with Gasteiger partial charge in [0, 0.05) is 4.47 Å². The summed E-state index contributed by atoms with van der Waals surface area (Å²) in [6, 6.07) is 5.96. The van der Waals surface area contributed by atoms with Gasteiger partial charge in [-0.2, -0.15) is 0 Å². The maximum atomic E-state index is 13.2. The second-order valence-electron chi connectivity index (χ2n) is 7.46. The molecule has 23 heavy (non-hydrogen) atoms. The Bertz CT molecular complexity index is 753. The number of ether oxygens (including phenoxy) is 1. The minimum absolute atomic E-state index is 0.0474. The number of rotatable bonds is 2. The number of halogens is 1. The quantitative estimate of drug-likeness (QED) is 0.829. The predicted octanol–water partition coefficient (Wildman–Crippen LogP) is 4.44. The minimum atomic E-state index is -0.440. The Balaban J connectivity index is 1.90. The van der Waals surface area contributed by atoms with Crippen LogP contribution < -0.4 is 0 Å². The summed E-state index contributed by atoms with van der Waals surface area (Å²) in [5, 5.41) is 11.0. The van der Waals surface area contributed by atoms with Crippen molar-refractivity contribution in [3.05, 3.63) is 39.6 Å². The largest absolute Gasteiger partial charge is 0.511 e.